The van der Waals surface area contributed by atoms with Crippen molar-refractivity contribution in [2.45, 2.75) is 17.7 Å². The molecule has 0 N–H and O–H groups in total. The highest BCUT2D eigenvalue weighted by Crippen LogP contribution is 2.24. The number of carbonyl (C=O) groups excluding carboxylic acids is 1. The Bertz CT molecular complexity index is 932. The topological polar surface area (TPSA) is 72.9 Å². The molecule has 1 fully saturated rings. The lowest BCUT2D eigenvalue weighted by molar-refractivity contribution is 0.0844. The lowest BCUT2D eigenvalue weighted by Crippen LogP contribution is -2.38. The van der Waals surface area contributed by atoms with Crippen molar-refractivity contribution in [3.05, 3.63) is 54.1 Å². The molecule has 0 saturated carbocycles. The maximum atomic E-state index is 12.7. The first kappa shape index (κ1) is 21.3. The van der Waals surface area contributed by atoms with Crippen LogP contribution in [0.4, 0.5) is 0 Å². The molecular formula is C22H27NO5S. The van der Waals surface area contributed by atoms with E-state index in [-0.39, 0.29) is 22.3 Å². The van der Waals surface area contributed by atoms with Gasteiger partial charge in [0.15, 0.2) is 15.6 Å². The first-order valence-electron chi connectivity index (χ1n) is 9.70. The molecule has 3 rings (SSSR count). The molecule has 0 spiro atoms. The van der Waals surface area contributed by atoms with Crippen LogP contribution in [0.25, 0.3) is 0 Å². The summed E-state index contributed by atoms with van der Waals surface area (Å²) in [6.45, 7) is 1.91. The zero-order chi connectivity index (χ0) is 20.9. The van der Waals surface area contributed by atoms with Crippen molar-refractivity contribution in [2.75, 3.05) is 39.6 Å². The number of Topliss-reactive ketones (excluding diaryl/α,β-unsaturated/α-hetero) is 1. The minimum atomic E-state index is -3.37. The Labute approximate surface area is 172 Å². The second kappa shape index (κ2) is 9.41. The number of hydrogen-bond acceptors (Lipinski definition) is 6. The van der Waals surface area contributed by atoms with E-state index in [4.69, 9.17) is 9.47 Å². The number of ketones is 1. The molecule has 29 heavy (non-hydrogen) atoms. The summed E-state index contributed by atoms with van der Waals surface area (Å²) >= 11 is 0. The zero-order valence-electron chi connectivity index (χ0n) is 16.8. The van der Waals surface area contributed by atoms with Gasteiger partial charge < -0.3 is 14.4 Å². The summed E-state index contributed by atoms with van der Waals surface area (Å²) in [5.41, 5.74) is 0.699. The molecule has 1 aliphatic rings. The molecule has 0 radical (unpaired) electrons. The number of sulfone groups is 1. The molecule has 0 aromatic heterocycles. The third-order valence-electron chi connectivity index (χ3n) is 5.41. The molecule has 2 aromatic carbocycles. The quantitative estimate of drug-likeness (QED) is 0.615. The maximum absolute atomic E-state index is 12.7. The number of piperidine rings is 1. The number of benzene rings is 2. The molecule has 1 aliphatic heterocycles. The van der Waals surface area contributed by atoms with E-state index in [1.165, 1.54) is 7.11 Å². The first-order valence-corrected chi connectivity index (χ1v) is 11.4. The smallest absolute Gasteiger partial charge is 0.179 e. The minimum absolute atomic E-state index is 0.0189. The third kappa shape index (κ3) is 5.36. The van der Waals surface area contributed by atoms with Gasteiger partial charge in [-0.25, -0.2) is 8.42 Å². The number of methoxy groups -OCH3 is 2. The van der Waals surface area contributed by atoms with E-state index < -0.39 is 9.84 Å². The van der Waals surface area contributed by atoms with Crippen LogP contribution in [0.5, 0.6) is 11.5 Å². The molecule has 156 valence electrons. The second-order valence-corrected chi connectivity index (χ2v) is 9.32. The standard InChI is InChI=1S/C22H27NO5S/c1-27-19-8-6-17(7-9-19)22(24)18-10-12-23(13-11-18)14-15-29(25,26)21-5-3-4-20(16-21)28-2/h3-9,16,18H,10-15H2,1-2H3. The monoisotopic (exact) mass is 417 g/mol. The largest absolute Gasteiger partial charge is 0.497 e. The van der Waals surface area contributed by atoms with Crippen LogP contribution in [0.1, 0.15) is 23.2 Å². The lowest BCUT2D eigenvalue weighted by atomic mass is 9.89. The lowest BCUT2D eigenvalue weighted by Gasteiger charge is -2.31. The number of likely N-dealkylation sites (tertiary alicyclic amines) is 1. The molecule has 7 heteroatoms. The average molecular weight is 418 g/mol. The molecule has 0 aliphatic carbocycles. The van der Waals surface area contributed by atoms with Crippen LogP contribution >= 0.6 is 0 Å². The van der Waals surface area contributed by atoms with Gasteiger partial charge in [-0.1, -0.05) is 6.07 Å². The molecule has 1 heterocycles. The van der Waals surface area contributed by atoms with E-state index in [0.29, 0.717) is 17.9 Å². The highest BCUT2D eigenvalue weighted by Gasteiger charge is 2.27. The van der Waals surface area contributed by atoms with Crippen LogP contribution in [0.2, 0.25) is 0 Å². The average Bonchev–Trinajstić information content (AvgIpc) is 2.77. The molecule has 1 saturated heterocycles. The number of carbonyl (C=O) groups is 1. The van der Waals surface area contributed by atoms with Crippen molar-refractivity contribution >= 4 is 15.6 Å². The van der Waals surface area contributed by atoms with E-state index in [1.807, 2.05) is 0 Å². The summed E-state index contributed by atoms with van der Waals surface area (Å²) < 4.78 is 35.5. The van der Waals surface area contributed by atoms with E-state index in [2.05, 4.69) is 4.90 Å². The number of hydrogen-bond donors (Lipinski definition) is 0. The Morgan fingerprint density at radius 2 is 1.66 bits per heavy atom. The summed E-state index contributed by atoms with van der Waals surface area (Å²) in [5, 5.41) is 0. The normalized spacial score (nSPS) is 15.8. The Morgan fingerprint density at radius 1 is 1.00 bits per heavy atom. The van der Waals surface area contributed by atoms with Crippen molar-refractivity contribution in [1.82, 2.24) is 4.90 Å². The van der Waals surface area contributed by atoms with Gasteiger partial charge in [-0.05, 0) is 68.4 Å². The van der Waals surface area contributed by atoms with E-state index in [0.717, 1.165) is 31.7 Å². The van der Waals surface area contributed by atoms with Crippen molar-refractivity contribution < 1.29 is 22.7 Å². The van der Waals surface area contributed by atoms with Crippen molar-refractivity contribution in [1.29, 1.82) is 0 Å². The summed E-state index contributed by atoms with van der Waals surface area (Å²) in [4.78, 5) is 15.1. The molecule has 0 amide bonds. The van der Waals surface area contributed by atoms with Crippen LogP contribution in [-0.4, -0.2) is 58.7 Å². The van der Waals surface area contributed by atoms with Gasteiger partial charge in [0.2, 0.25) is 0 Å². The molecule has 0 unspecified atom stereocenters. The van der Waals surface area contributed by atoms with Crippen LogP contribution in [0.15, 0.2) is 53.4 Å². The van der Waals surface area contributed by atoms with Gasteiger partial charge in [-0.3, -0.25) is 4.79 Å². The van der Waals surface area contributed by atoms with Crippen LogP contribution in [0.3, 0.4) is 0 Å². The molecular weight excluding hydrogens is 390 g/mol. The predicted molar refractivity (Wildman–Crippen MR) is 112 cm³/mol. The zero-order valence-corrected chi connectivity index (χ0v) is 17.7. The fourth-order valence-corrected chi connectivity index (χ4v) is 4.89. The fourth-order valence-electron chi connectivity index (χ4n) is 3.57. The van der Waals surface area contributed by atoms with Gasteiger partial charge in [-0.15, -0.1) is 0 Å². The molecule has 6 nitrogen and oxygen atoms in total. The molecule has 0 bridgehead atoms. The van der Waals surface area contributed by atoms with Crippen molar-refractivity contribution in [3.8, 4) is 11.5 Å². The molecule has 0 atom stereocenters. The summed E-state index contributed by atoms with van der Waals surface area (Å²) in [7, 11) is -0.257. The Kier molecular flexibility index (Phi) is 6.92. The summed E-state index contributed by atoms with van der Waals surface area (Å²) in [6, 6.07) is 13.7. The van der Waals surface area contributed by atoms with Gasteiger partial charge in [0, 0.05) is 18.0 Å². The Morgan fingerprint density at radius 3 is 2.28 bits per heavy atom. The van der Waals surface area contributed by atoms with E-state index in [1.54, 1.807) is 55.6 Å². The first-order chi connectivity index (χ1) is 13.9. The predicted octanol–water partition coefficient (Wildman–Crippen LogP) is 3.07. The Balaban J connectivity index is 1.52. The summed E-state index contributed by atoms with van der Waals surface area (Å²) in [5.74, 6) is 1.44. The van der Waals surface area contributed by atoms with Gasteiger partial charge in [0.25, 0.3) is 0 Å². The van der Waals surface area contributed by atoms with Crippen LogP contribution < -0.4 is 9.47 Å². The summed E-state index contributed by atoms with van der Waals surface area (Å²) in [6.07, 6.45) is 1.48. The van der Waals surface area contributed by atoms with Gasteiger partial charge in [-0.2, -0.15) is 0 Å². The number of rotatable bonds is 8. The highest BCUT2D eigenvalue weighted by atomic mass is 32.2. The minimum Gasteiger partial charge on any atom is -0.497 e. The van der Waals surface area contributed by atoms with Crippen molar-refractivity contribution in [3.63, 3.8) is 0 Å². The van der Waals surface area contributed by atoms with E-state index in [9.17, 15) is 13.2 Å². The Hall–Kier alpha value is -2.38. The van der Waals surface area contributed by atoms with Crippen molar-refractivity contribution in [2.24, 2.45) is 5.92 Å². The fraction of sp³-hybridized carbons (Fsp3) is 0.409. The number of ether oxygens (including phenoxy) is 2. The van der Waals surface area contributed by atoms with Gasteiger partial charge in [0.05, 0.1) is 24.9 Å². The van der Waals surface area contributed by atoms with Gasteiger partial charge in [0.1, 0.15) is 11.5 Å². The van der Waals surface area contributed by atoms with Crippen LogP contribution in [-0.2, 0) is 9.84 Å². The second-order valence-electron chi connectivity index (χ2n) is 7.21. The van der Waals surface area contributed by atoms with Crippen LogP contribution in [0, 0.1) is 5.92 Å². The molecule has 2 aromatic rings. The van der Waals surface area contributed by atoms with E-state index >= 15 is 0 Å². The number of nitrogens with zero attached hydrogens (tertiary/aromatic N) is 1. The van der Waals surface area contributed by atoms with Gasteiger partial charge >= 0.3 is 0 Å². The maximum Gasteiger partial charge on any atom is 0.179 e. The SMILES string of the molecule is COc1ccc(C(=O)C2CCN(CCS(=O)(=O)c3cccc(OC)c3)CC2)cc1. The third-order valence-corrected chi connectivity index (χ3v) is 7.10. The highest BCUT2D eigenvalue weighted by molar-refractivity contribution is 7.91.